The average Bonchev–Trinajstić information content (AvgIpc) is 2.07. The molecule has 4 heteroatoms. The maximum atomic E-state index is 13.3. The van der Waals surface area contributed by atoms with Crippen molar-refractivity contribution in [3.8, 4) is 0 Å². The van der Waals surface area contributed by atoms with Crippen LogP contribution in [0.1, 0.15) is 18.1 Å². The van der Waals surface area contributed by atoms with Gasteiger partial charge >= 0.3 is 0 Å². The lowest BCUT2D eigenvalue weighted by Crippen LogP contribution is -2.03. The van der Waals surface area contributed by atoms with Crippen molar-refractivity contribution in [3.63, 3.8) is 0 Å². The third-order valence-electron chi connectivity index (χ3n) is 2.16. The van der Waals surface area contributed by atoms with Gasteiger partial charge in [-0.05, 0) is 31.0 Å². The third kappa shape index (κ3) is 2.12. The summed E-state index contributed by atoms with van der Waals surface area (Å²) in [6.07, 6.45) is 1.72. The Bertz CT molecular complexity index is 449. The largest absolute Gasteiger partial charge is 0.224 e. The molecule has 0 aliphatic heterocycles. The Morgan fingerprint density at radius 3 is 2.36 bits per heavy atom. The molecule has 0 N–H and O–H groups in total. The minimum atomic E-state index is -3.33. The van der Waals surface area contributed by atoms with Gasteiger partial charge in [0.15, 0.2) is 9.84 Å². The Labute approximate surface area is 83.7 Å². The molecule has 0 radical (unpaired) electrons. The van der Waals surface area contributed by atoms with E-state index in [-0.39, 0.29) is 10.5 Å². The zero-order valence-electron chi connectivity index (χ0n) is 8.46. The lowest BCUT2D eigenvalue weighted by molar-refractivity contribution is 0.590. The van der Waals surface area contributed by atoms with Crippen LogP contribution in [0.4, 0.5) is 4.39 Å². The van der Waals surface area contributed by atoms with Gasteiger partial charge in [-0.3, -0.25) is 0 Å². The highest BCUT2D eigenvalue weighted by atomic mass is 32.2. The molecule has 1 aromatic carbocycles. The summed E-state index contributed by atoms with van der Waals surface area (Å²) in [6, 6.07) is 2.91. The van der Waals surface area contributed by atoms with Crippen LogP contribution in [0, 0.1) is 12.7 Å². The van der Waals surface area contributed by atoms with Gasteiger partial charge in [-0.15, -0.1) is 0 Å². The minimum absolute atomic E-state index is 0.0920. The molecule has 0 atom stereocenters. The second kappa shape index (κ2) is 3.69. The van der Waals surface area contributed by atoms with Crippen LogP contribution in [0.5, 0.6) is 0 Å². The first kappa shape index (κ1) is 11.2. The first-order valence-electron chi connectivity index (χ1n) is 4.35. The molecule has 0 heterocycles. The van der Waals surface area contributed by atoms with E-state index in [9.17, 15) is 12.8 Å². The van der Waals surface area contributed by atoms with Crippen molar-refractivity contribution in [3.05, 3.63) is 29.1 Å². The number of halogens is 1. The highest BCUT2D eigenvalue weighted by Crippen LogP contribution is 2.20. The summed E-state index contributed by atoms with van der Waals surface area (Å²) in [7, 11) is -3.33. The van der Waals surface area contributed by atoms with E-state index in [1.54, 1.807) is 0 Å². The van der Waals surface area contributed by atoms with Crippen LogP contribution in [-0.4, -0.2) is 14.7 Å². The quantitative estimate of drug-likeness (QED) is 0.758. The number of hydrogen-bond donors (Lipinski definition) is 0. The van der Waals surface area contributed by atoms with Crippen molar-refractivity contribution in [2.45, 2.75) is 25.2 Å². The Kier molecular flexibility index (Phi) is 2.95. The first-order valence-corrected chi connectivity index (χ1v) is 6.24. The van der Waals surface area contributed by atoms with Gasteiger partial charge in [-0.2, -0.15) is 0 Å². The van der Waals surface area contributed by atoms with Crippen LogP contribution in [0.2, 0.25) is 0 Å². The van der Waals surface area contributed by atoms with Crippen LogP contribution in [-0.2, 0) is 16.3 Å². The van der Waals surface area contributed by atoms with Crippen LogP contribution in [0.15, 0.2) is 17.0 Å². The molecule has 0 fully saturated rings. The zero-order valence-corrected chi connectivity index (χ0v) is 9.28. The van der Waals surface area contributed by atoms with Crippen LogP contribution in [0.25, 0.3) is 0 Å². The van der Waals surface area contributed by atoms with E-state index in [0.29, 0.717) is 12.0 Å². The van der Waals surface area contributed by atoms with Gasteiger partial charge in [0, 0.05) is 11.8 Å². The van der Waals surface area contributed by atoms with E-state index in [1.807, 2.05) is 6.92 Å². The van der Waals surface area contributed by atoms with Gasteiger partial charge in [0.1, 0.15) is 5.82 Å². The molecular formula is C10H13FO2S. The highest BCUT2D eigenvalue weighted by molar-refractivity contribution is 7.90. The van der Waals surface area contributed by atoms with Crippen molar-refractivity contribution in [1.82, 2.24) is 0 Å². The normalized spacial score (nSPS) is 11.7. The molecule has 0 unspecified atom stereocenters. The molecule has 78 valence electrons. The van der Waals surface area contributed by atoms with Gasteiger partial charge in [0.2, 0.25) is 0 Å². The van der Waals surface area contributed by atoms with E-state index < -0.39 is 15.7 Å². The molecule has 14 heavy (non-hydrogen) atoms. The van der Waals surface area contributed by atoms with Gasteiger partial charge in [-0.1, -0.05) is 6.92 Å². The second-order valence-corrected chi connectivity index (χ2v) is 5.31. The maximum absolute atomic E-state index is 13.3. The third-order valence-corrected chi connectivity index (χ3v) is 3.39. The van der Waals surface area contributed by atoms with Gasteiger partial charge in [-0.25, -0.2) is 12.8 Å². The Balaban J connectivity index is 3.51. The topological polar surface area (TPSA) is 34.1 Å². The minimum Gasteiger partial charge on any atom is -0.224 e. The fraction of sp³-hybridized carbons (Fsp3) is 0.400. The predicted octanol–water partition coefficient (Wildman–Crippen LogP) is 2.10. The van der Waals surface area contributed by atoms with Crippen molar-refractivity contribution >= 4 is 9.84 Å². The van der Waals surface area contributed by atoms with Crippen molar-refractivity contribution in [2.24, 2.45) is 0 Å². The summed E-state index contributed by atoms with van der Waals surface area (Å²) >= 11 is 0. The molecule has 1 rings (SSSR count). The number of hydrogen-bond acceptors (Lipinski definition) is 2. The summed E-state index contributed by atoms with van der Waals surface area (Å²) in [5.74, 6) is -0.454. The molecular weight excluding hydrogens is 203 g/mol. The van der Waals surface area contributed by atoms with Gasteiger partial charge < -0.3 is 0 Å². The molecule has 1 aromatic rings. The van der Waals surface area contributed by atoms with Crippen molar-refractivity contribution in [1.29, 1.82) is 0 Å². The summed E-state index contributed by atoms with van der Waals surface area (Å²) in [5, 5.41) is 0. The average molecular weight is 216 g/mol. The number of aryl methyl sites for hydroxylation is 1. The Morgan fingerprint density at radius 1 is 1.36 bits per heavy atom. The monoisotopic (exact) mass is 216 g/mol. The van der Waals surface area contributed by atoms with E-state index in [4.69, 9.17) is 0 Å². The molecule has 0 saturated heterocycles. The van der Waals surface area contributed by atoms with E-state index in [0.717, 1.165) is 6.26 Å². The Hall–Kier alpha value is -0.900. The summed E-state index contributed by atoms with van der Waals surface area (Å²) in [5.41, 5.74) is 0.901. The molecule has 0 aromatic heterocycles. The van der Waals surface area contributed by atoms with Gasteiger partial charge in [0.25, 0.3) is 0 Å². The fourth-order valence-electron chi connectivity index (χ4n) is 1.30. The lowest BCUT2D eigenvalue weighted by Gasteiger charge is -2.07. The van der Waals surface area contributed by atoms with E-state index >= 15 is 0 Å². The van der Waals surface area contributed by atoms with Crippen molar-refractivity contribution in [2.75, 3.05) is 6.26 Å². The first-order chi connectivity index (χ1) is 6.36. The second-order valence-electron chi connectivity index (χ2n) is 3.33. The van der Waals surface area contributed by atoms with Gasteiger partial charge in [0.05, 0.1) is 4.90 Å². The number of rotatable bonds is 2. The lowest BCUT2D eigenvalue weighted by atomic mass is 10.1. The molecule has 0 amide bonds. The van der Waals surface area contributed by atoms with Crippen molar-refractivity contribution < 1.29 is 12.8 Å². The number of benzene rings is 1. The van der Waals surface area contributed by atoms with E-state index in [2.05, 4.69) is 0 Å². The maximum Gasteiger partial charge on any atom is 0.175 e. The smallest absolute Gasteiger partial charge is 0.175 e. The number of sulfone groups is 1. The SMILES string of the molecule is CCc1cc(F)c(C)c(S(C)(=O)=O)c1. The fourth-order valence-corrected chi connectivity index (χ4v) is 2.32. The van der Waals surface area contributed by atoms with Crippen LogP contribution >= 0.6 is 0 Å². The summed E-state index contributed by atoms with van der Waals surface area (Å²) < 4.78 is 35.9. The molecule has 0 bridgehead atoms. The molecule has 0 saturated carbocycles. The Morgan fingerprint density at radius 2 is 1.93 bits per heavy atom. The summed E-state index contributed by atoms with van der Waals surface area (Å²) in [4.78, 5) is 0.0920. The van der Waals surface area contributed by atoms with Crippen LogP contribution in [0.3, 0.4) is 0 Å². The molecule has 0 aliphatic rings. The van der Waals surface area contributed by atoms with Crippen LogP contribution < -0.4 is 0 Å². The zero-order chi connectivity index (χ0) is 10.9. The highest BCUT2D eigenvalue weighted by Gasteiger charge is 2.14. The molecule has 0 spiro atoms. The predicted molar refractivity (Wildman–Crippen MR) is 53.6 cm³/mol. The summed E-state index contributed by atoms with van der Waals surface area (Å²) in [6.45, 7) is 3.33. The molecule has 0 aliphatic carbocycles. The molecule has 2 nitrogen and oxygen atoms in total. The standard InChI is InChI=1S/C10H13FO2S/c1-4-8-5-9(11)7(2)10(6-8)14(3,12)13/h5-6H,4H2,1-3H3. The van der Waals surface area contributed by atoms with E-state index in [1.165, 1.54) is 19.1 Å².